The molecule has 0 fully saturated rings. The molecule has 1 aliphatic heterocycles. The van der Waals surface area contributed by atoms with Crippen LogP contribution in [0.4, 0.5) is 0 Å². The standard InChI is InChI=1S/C7H8O3S/c1-4-7-5(2)6(3)11(8,9)10-7/h1,6H,2-3H3. The molecule has 1 heterocycles. The van der Waals surface area contributed by atoms with Crippen LogP contribution in [-0.2, 0) is 14.3 Å². The van der Waals surface area contributed by atoms with Crippen molar-refractivity contribution in [2.24, 2.45) is 0 Å². The fourth-order valence-corrected chi connectivity index (χ4v) is 1.89. The van der Waals surface area contributed by atoms with Gasteiger partial charge in [-0.3, -0.25) is 0 Å². The van der Waals surface area contributed by atoms with Crippen LogP contribution in [-0.4, -0.2) is 13.7 Å². The van der Waals surface area contributed by atoms with Crippen LogP contribution in [0.2, 0.25) is 0 Å². The third-order valence-electron chi connectivity index (χ3n) is 1.73. The van der Waals surface area contributed by atoms with Crippen molar-refractivity contribution in [1.29, 1.82) is 0 Å². The Morgan fingerprint density at radius 1 is 1.64 bits per heavy atom. The molecule has 0 bridgehead atoms. The minimum Gasteiger partial charge on any atom is -0.373 e. The lowest BCUT2D eigenvalue weighted by atomic mass is 10.2. The molecule has 11 heavy (non-hydrogen) atoms. The van der Waals surface area contributed by atoms with Crippen molar-refractivity contribution in [3.63, 3.8) is 0 Å². The normalized spacial score (nSPS) is 27.9. The van der Waals surface area contributed by atoms with Gasteiger partial charge in [0.1, 0.15) is 5.25 Å². The summed E-state index contributed by atoms with van der Waals surface area (Å²) in [5, 5.41) is -0.603. The van der Waals surface area contributed by atoms with Gasteiger partial charge >= 0.3 is 10.1 Å². The lowest BCUT2D eigenvalue weighted by Gasteiger charge is -1.98. The molecular formula is C7H8O3S. The Hall–Kier alpha value is -0.950. The highest BCUT2D eigenvalue weighted by atomic mass is 32.2. The number of hydrogen-bond acceptors (Lipinski definition) is 3. The minimum absolute atomic E-state index is 0.137. The van der Waals surface area contributed by atoms with Crippen LogP contribution >= 0.6 is 0 Å². The van der Waals surface area contributed by atoms with Gasteiger partial charge in [-0.05, 0) is 19.8 Å². The van der Waals surface area contributed by atoms with Gasteiger partial charge in [0.15, 0.2) is 5.76 Å². The SMILES string of the molecule is C#CC1=C(C)C(C)S(=O)(=O)O1. The Morgan fingerprint density at radius 3 is 2.36 bits per heavy atom. The summed E-state index contributed by atoms with van der Waals surface area (Å²) in [6.45, 7) is 3.21. The van der Waals surface area contributed by atoms with E-state index in [2.05, 4.69) is 10.1 Å². The summed E-state index contributed by atoms with van der Waals surface area (Å²) in [6.07, 6.45) is 5.01. The van der Waals surface area contributed by atoms with Gasteiger partial charge in [-0.1, -0.05) is 0 Å². The Morgan fingerprint density at radius 2 is 2.18 bits per heavy atom. The summed E-state index contributed by atoms with van der Waals surface area (Å²) < 4.78 is 26.5. The molecule has 1 atom stereocenters. The van der Waals surface area contributed by atoms with Gasteiger partial charge in [0.05, 0.1) is 0 Å². The summed E-state index contributed by atoms with van der Waals surface area (Å²) in [7, 11) is -3.45. The van der Waals surface area contributed by atoms with Crippen LogP contribution in [0.3, 0.4) is 0 Å². The average molecular weight is 172 g/mol. The van der Waals surface area contributed by atoms with Crippen molar-refractivity contribution in [1.82, 2.24) is 0 Å². The maximum atomic E-state index is 11.0. The van der Waals surface area contributed by atoms with Crippen molar-refractivity contribution in [2.75, 3.05) is 0 Å². The van der Waals surface area contributed by atoms with Gasteiger partial charge in [0, 0.05) is 5.57 Å². The second-order valence-electron chi connectivity index (χ2n) is 2.37. The number of rotatable bonds is 0. The Bertz CT molecular complexity index is 342. The van der Waals surface area contributed by atoms with Crippen molar-refractivity contribution in [3.8, 4) is 12.3 Å². The predicted molar refractivity (Wildman–Crippen MR) is 41.0 cm³/mol. The van der Waals surface area contributed by atoms with E-state index in [-0.39, 0.29) is 5.76 Å². The van der Waals surface area contributed by atoms with Crippen molar-refractivity contribution in [3.05, 3.63) is 11.3 Å². The Kier molecular flexibility index (Phi) is 1.69. The van der Waals surface area contributed by atoms with Crippen LogP contribution in [0, 0.1) is 12.3 Å². The first kappa shape index (κ1) is 8.15. The molecule has 0 N–H and O–H groups in total. The number of terminal acetylenes is 1. The third kappa shape index (κ3) is 1.12. The zero-order valence-electron chi connectivity index (χ0n) is 6.29. The lowest BCUT2D eigenvalue weighted by molar-refractivity contribution is 0.435. The molecule has 0 radical (unpaired) electrons. The summed E-state index contributed by atoms with van der Waals surface area (Å²) >= 11 is 0. The molecule has 60 valence electrons. The highest BCUT2D eigenvalue weighted by Crippen LogP contribution is 2.27. The smallest absolute Gasteiger partial charge is 0.316 e. The highest BCUT2D eigenvalue weighted by molar-refractivity contribution is 7.87. The molecule has 0 saturated carbocycles. The van der Waals surface area contributed by atoms with Crippen LogP contribution in [0.1, 0.15) is 13.8 Å². The lowest BCUT2D eigenvalue weighted by Crippen LogP contribution is -2.12. The fraction of sp³-hybridized carbons (Fsp3) is 0.429. The minimum atomic E-state index is -3.45. The van der Waals surface area contributed by atoms with E-state index < -0.39 is 15.4 Å². The second-order valence-corrected chi connectivity index (χ2v) is 4.23. The largest absolute Gasteiger partial charge is 0.373 e. The molecular weight excluding hydrogens is 164 g/mol. The van der Waals surface area contributed by atoms with E-state index in [0.717, 1.165) is 0 Å². The van der Waals surface area contributed by atoms with Gasteiger partial charge in [-0.2, -0.15) is 8.42 Å². The Labute approximate surface area is 66.2 Å². The summed E-state index contributed by atoms with van der Waals surface area (Å²) in [5.74, 6) is 2.31. The van der Waals surface area contributed by atoms with Gasteiger partial charge < -0.3 is 4.18 Å². The zero-order valence-corrected chi connectivity index (χ0v) is 7.10. The Balaban J connectivity index is 3.17. The topological polar surface area (TPSA) is 43.4 Å². The van der Waals surface area contributed by atoms with Crippen LogP contribution in [0.25, 0.3) is 0 Å². The first-order valence-corrected chi connectivity index (χ1v) is 4.57. The van der Waals surface area contributed by atoms with E-state index in [1.807, 2.05) is 0 Å². The maximum absolute atomic E-state index is 11.0. The van der Waals surface area contributed by atoms with E-state index in [0.29, 0.717) is 5.57 Å². The summed E-state index contributed by atoms with van der Waals surface area (Å²) in [5.41, 5.74) is 0.604. The molecule has 0 spiro atoms. The van der Waals surface area contributed by atoms with E-state index in [9.17, 15) is 8.42 Å². The van der Waals surface area contributed by atoms with Crippen molar-refractivity contribution < 1.29 is 12.6 Å². The van der Waals surface area contributed by atoms with Crippen molar-refractivity contribution in [2.45, 2.75) is 19.1 Å². The molecule has 1 aliphatic rings. The van der Waals surface area contributed by atoms with Gasteiger partial charge in [-0.15, -0.1) is 6.42 Å². The molecule has 4 heteroatoms. The molecule has 0 saturated heterocycles. The van der Waals surface area contributed by atoms with E-state index >= 15 is 0 Å². The molecule has 1 rings (SSSR count). The maximum Gasteiger partial charge on any atom is 0.316 e. The highest BCUT2D eigenvalue weighted by Gasteiger charge is 2.34. The number of hydrogen-bond donors (Lipinski definition) is 0. The quantitative estimate of drug-likeness (QED) is 0.398. The van der Waals surface area contributed by atoms with E-state index in [1.54, 1.807) is 13.8 Å². The van der Waals surface area contributed by atoms with Crippen molar-refractivity contribution >= 4 is 10.1 Å². The summed E-state index contributed by atoms with van der Waals surface area (Å²) in [6, 6.07) is 0. The molecule has 3 nitrogen and oxygen atoms in total. The zero-order chi connectivity index (χ0) is 8.65. The summed E-state index contributed by atoms with van der Waals surface area (Å²) in [4.78, 5) is 0. The van der Waals surface area contributed by atoms with Gasteiger partial charge in [-0.25, -0.2) is 0 Å². The monoisotopic (exact) mass is 172 g/mol. The predicted octanol–water partition coefficient (Wildman–Crippen LogP) is 0.642. The molecule has 0 aromatic rings. The molecule has 0 aromatic carbocycles. The third-order valence-corrected chi connectivity index (χ3v) is 3.35. The van der Waals surface area contributed by atoms with Crippen LogP contribution < -0.4 is 0 Å². The fourth-order valence-electron chi connectivity index (χ4n) is 0.793. The molecule has 0 aliphatic carbocycles. The molecule has 0 amide bonds. The first-order valence-electron chi connectivity index (χ1n) is 3.09. The van der Waals surface area contributed by atoms with Gasteiger partial charge in [0.25, 0.3) is 0 Å². The molecule has 1 unspecified atom stereocenters. The number of allylic oxidation sites excluding steroid dienone is 1. The molecule has 0 aromatic heterocycles. The second kappa shape index (κ2) is 2.28. The van der Waals surface area contributed by atoms with Gasteiger partial charge in [0.2, 0.25) is 0 Å². The van der Waals surface area contributed by atoms with E-state index in [4.69, 9.17) is 6.42 Å². The first-order chi connectivity index (χ1) is 4.99. The van der Waals surface area contributed by atoms with E-state index in [1.165, 1.54) is 0 Å². The average Bonchev–Trinajstić information content (AvgIpc) is 2.13. The van der Waals surface area contributed by atoms with Crippen LogP contribution in [0.5, 0.6) is 0 Å². The van der Waals surface area contributed by atoms with Crippen LogP contribution in [0.15, 0.2) is 11.3 Å².